The fourth-order valence-electron chi connectivity index (χ4n) is 2.72. The standard InChI is InChI=1S/C17H20N4O2S/c1-11(2)8-14(22)18-17-20-19-16(24-17)12-9-15(23)21(10-12)13-6-4-3-5-7-13/h3-7,11-12H,8-10H2,1-2H3,(H,18,20,22)/t12-/m0/s1. The van der Waals surface area contributed by atoms with Gasteiger partial charge in [0, 0.05) is 31.0 Å². The number of para-hydroxylation sites is 1. The van der Waals surface area contributed by atoms with E-state index in [4.69, 9.17) is 0 Å². The van der Waals surface area contributed by atoms with E-state index in [1.54, 1.807) is 4.90 Å². The molecule has 0 bridgehead atoms. The number of anilines is 2. The Morgan fingerprint density at radius 1 is 1.33 bits per heavy atom. The van der Waals surface area contributed by atoms with E-state index < -0.39 is 0 Å². The molecular weight excluding hydrogens is 324 g/mol. The number of carbonyl (C=O) groups is 2. The summed E-state index contributed by atoms with van der Waals surface area (Å²) in [7, 11) is 0. The number of amides is 2. The van der Waals surface area contributed by atoms with Crippen molar-refractivity contribution >= 4 is 34.0 Å². The number of carbonyl (C=O) groups excluding carboxylic acids is 2. The zero-order valence-corrected chi connectivity index (χ0v) is 14.5. The molecule has 24 heavy (non-hydrogen) atoms. The van der Waals surface area contributed by atoms with Crippen LogP contribution >= 0.6 is 11.3 Å². The number of hydrogen-bond acceptors (Lipinski definition) is 5. The van der Waals surface area contributed by atoms with Crippen molar-refractivity contribution in [2.24, 2.45) is 5.92 Å². The minimum atomic E-state index is -0.0545. The second-order valence-electron chi connectivity index (χ2n) is 6.33. The van der Waals surface area contributed by atoms with Crippen molar-refractivity contribution in [3.63, 3.8) is 0 Å². The van der Waals surface area contributed by atoms with Crippen LogP contribution < -0.4 is 10.2 Å². The summed E-state index contributed by atoms with van der Waals surface area (Å²) in [5.74, 6) is 0.350. The first kappa shape index (κ1) is 16.6. The first-order valence-corrected chi connectivity index (χ1v) is 8.83. The molecule has 1 aromatic heterocycles. The van der Waals surface area contributed by atoms with Gasteiger partial charge in [-0.15, -0.1) is 10.2 Å². The predicted molar refractivity (Wildman–Crippen MR) is 94.1 cm³/mol. The van der Waals surface area contributed by atoms with Gasteiger partial charge in [0.15, 0.2) is 0 Å². The number of rotatable bonds is 5. The average Bonchev–Trinajstić information content (AvgIpc) is 3.14. The van der Waals surface area contributed by atoms with Crippen molar-refractivity contribution in [3.05, 3.63) is 35.3 Å². The van der Waals surface area contributed by atoms with Crippen LogP contribution in [-0.2, 0) is 9.59 Å². The fraction of sp³-hybridized carbons (Fsp3) is 0.412. The zero-order valence-electron chi connectivity index (χ0n) is 13.7. The summed E-state index contributed by atoms with van der Waals surface area (Å²) >= 11 is 1.35. The van der Waals surface area contributed by atoms with Gasteiger partial charge in [-0.05, 0) is 18.1 Å². The summed E-state index contributed by atoms with van der Waals surface area (Å²) in [5.41, 5.74) is 0.903. The Labute approximate surface area is 144 Å². The summed E-state index contributed by atoms with van der Waals surface area (Å²) in [6.45, 7) is 4.58. The Balaban J connectivity index is 1.66. The minimum absolute atomic E-state index is 0.0194. The molecule has 3 rings (SSSR count). The molecule has 1 aromatic carbocycles. The summed E-state index contributed by atoms with van der Waals surface area (Å²) < 4.78 is 0. The average molecular weight is 344 g/mol. The summed E-state index contributed by atoms with van der Waals surface area (Å²) in [6.07, 6.45) is 0.877. The van der Waals surface area contributed by atoms with Gasteiger partial charge in [0.25, 0.3) is 0 Å². The van der Waals surface area contributed by atoms with Gasteiger partial charge in [0.05, 0.1) is 0 Å². The van der Waals surface area contributed by atoms with Crippen molar-refractivity contribution in [2.75, 3.05) is 16.8 Å². The topological polar surface area (TPSA) is 75.2 Å². The molecule has 1 saturated heterocycles. The van der Waals surface area contributed by atoms with E-state index in [-0.39, 0.29) is 17.7 Å². The number of benzene rings is 1. The number of nitrogens with one attached hydrogen (secondary N) is 1. The van der Waals surface area contributed by atoms with Crippen LogP contribution in [0.25, 0.3) is 0 Å². The van der Waals surface area contributed by atoms with Gasteiger partial charge >= 0.3 is 0 Å². The Morgan fingerprint density at radius 2 is 2.08 bits per heavy atom. The van der Waals surface area contributed by atoms with Gasteiger partial charge in [-0.1, -0.05) is 43.4 Å². The van der Waals surface area contributed by atoms with E-state index >= 15 is 0 Å². The maximum Gasteiger partial charge on any atom is 0.227 e. The molecule has 0 spiro atoms. The molecule has 2 amide bonds. The molecular formula is C17H20N4O2S. The van der Waals surface area contributed by atoms with Crippen LogP contribution in [0.15, 0.2) is 30.3 Å². The molecule has 0 unspecified atom stereocenters. The smallest absolute Gasteiger partial charge is 0.227 e. The molecule has 126 valence electrons. The lowest BCUT2D eigenvalue weighted by Crippen LogP contribution is -2.24. The lowest BCUT2D eigenvalue weighted by atomic mass is 10.1. The highest BCUT2D eigenvalue weighted by molar-refractivity contribution is 7.15. The second kappa shape index (κ2) is 7.09. The van der Waals surface area contributed by atoms with E-state index in [0.717, 1.165) is 10.7 Å². The number of aromatic nitrogens is 2. The molecule has 0 radical (unpaired) electrons. The van der Waals surface area contributed by atoms with E-state index in [0.29, 0.717) is 30.4 Å². The van der Waals surface area contributed by atoms with Gasteiger partial charge in [-0.3, -0.25) is 9.59 Å². The minimum Gasteiger partial charge on any atom is -0.312 e. The van der Waals surface area contributed by atoms with E-state index in [2.05, 4.69) is 15.5 Å². The third kappa shape index (κ3) is 3.79. The van der Waals surface area contributed by atoms with Crippen LogP contribution in [0.4, 0.5) is 10.8 Å². The zero-order chi connectivity index (χ0) is 17.1. The molecule has 1 aliphatic heterocycles. The SMILES string of the molecule is CC(C)CC(=O)Nc1nnc([C@H]2CC(=O)N(c3ccccc3)C2)s1. The lowest BCUT2D eigenvalue weighted by Gasteiger charge is -2.15. The predicted octanol–water partition coefficient (Wildman–Crippen LogP) is 3.04. The molecule has 7 heteroatoms. The van der Waals surface area contributed by atoms with Gasteiger partial charge in [-0.25, -0.2) is 0 Å². The van der Waals surface area contributed by atoms with E-state index in [1.807, 2.05) is 44.2 Å². The molecule has 2 heterocycles. The van der Waals surface area contributed by atoms with Crippen molar-refractivity contribution in [2.45, 2.75) is 32.6 Å². The second-order valence-corrected chi connectivity index (χ2v) is 7.34. The quantitative estimate of drug-likeness (QED) is 0.904. The highest BCUT2D eigenvalue weighted by Gasteiger charge is 2.33. The van der Waals surface area contributed by atoms with Crippen molar-refractivity contribution in [3.8, 4) is 0 Å². The Kier molecular flexibility index (Phi) is 4.89. The van der Waals surface area contributed by atoms with Crippen molar-refractivity contribution in [1.82, 2.24) is 10.2 Å². The Hall–Kier alpha value is -2.28. The van der Waals surface area contributed by atoms with Gasteiger partial charge in [0.1, 0.15) is 5.01 Å². The monoisotopic (exact) mass is 344 g/mol. The van der Waals surface area contributed by atoms with Gasteiger partial charge in [0.2, 0.25) is 16.9 Å². The maximum absolute atomic E-state index is 12.3. The molecule has 6 nitrogen and oxygen atoms in total. The van der Waals surface area contributed by atoms with Crippen molar-refractivity contribution in [1.29, 1.82) is 0 Å². The first-order valence-electron chi connectivity index (χ1n) is 8.01. The summed E-state index contributed by atoms with van der Waals surface area (Å²) in [4.78, 5) is 25.9. The van der Waals surface area contributed by atoms with E-state index in [1.165, 1.54) is 11.3 Å². The molecule has 1 fully saturated rings. The van der Waals surface area contributed by atoms with Crippen LogP contribution in [0, 0.1) is 5.92 Å². The third-order valence-electron chi connectivity index (χ3n) is 3.82. The van der Waals surface area contributed by atoms with Crippen LogP contribution in [0.2, 0.25) is 0 Å². The number of nitrogens with zero attached hydrogens (tertiary/aromatic N) is 3. The third-order valence-corrected chi connectivity index (χ3v) is 4.82. The van der Waals surface area contributed by atoms with Crippen LogP contribution in [0.5, 0.6) is 0 Å². The Bertz CT molecular complexity index is 729. The largest absolute Gasteiger partial charge is 0.312 e. The maximum atomic E-state index is 12.3. The van der Waals surface area contributed by atoms with Crippen LogP contribution in [0.1, 0.15) is 37.6 Å². The molecule has 1 aliphatic rings. The van der Waals surface area contributed by atoms with Crippen LogP contribution in [-0.4, -0.2) is 28.6 Å². The first-order chi connectivity index (χ1) is 11.5. The van der Waals surface area contributed by atoms with E-state index in [9.17, 15) is 9.59 Å². The lowest BCUT2D eigenvalue weighted by molar-refractivity contribution is -0.117. The summed E-state index contributed by atoms with van der Waals surface area (Å²) in [5, 5.41) is 12.3. The van der Waals surface area contributed by atoms with Gasteiger partial charge in [-0.2, -0.15) is 0 Å². The fourth-order valence-corrected chi connectivity index (χ4v) is 3.57. The molecule has 0 saturated carbocycles. The Morgan fingerprint density at radius 3 is 2.79 bits per heavy atom. The highest BCUT2D eigenvalue weighted by Crippen LogP contribution is 2.34. The molecule has 2 aromatic rings. The molecule has 0 aliphatic carbocycles. The molecule has 1 N–H and O–H groups in total. The number of hydrogen-bond donors (Lipinski definition) is 1. The van der Waals surface area contributed by atoms with Crippen molar-refractivity contribution < 1.29 is 9.59 Å². The van der Waals surface area contributed by atoms with Gasteiger partial charge < -0.3 is 10.2 Å². The highest BCUT2D eigenvalue weighted by atomic mass is 32.1. The normalized spacial score (nSPS) is 17.5. The van der Waals surface area contributed by atoms with Crippen LogP contribution in [0.3, 0.4) is 0 Å². The molecule has 1 atom stereocenters. The summed E-state index contributed by atoms with van der Waals surface area (Å²) in [6, 6.07) is 9.63.